The fourth-order valence-electron chi connectivity index (χ4n) is 1.60. The van der Waals surface area contributed by atoms with Gasteiger partial charge in [-0.1, -0.05) is 11.6 Å². The minimum Gasteiger partial charge on any atom is -0.325 e. The predicted molar refractivity (Wildman–Crippen MR) is 59.1 cm³/mol. The third-order valence-corrected chi connectivity index (χ3v) is 2.58. The Bertz CT molecular complexity index is 363. The molecule has 15 heavy (non-hydrogen) atoms. The first-order chi connectivity index (χ1) is 7.25. The second-order valence-corrected chi connectivity index (χ2v) is 3.88. The summed E-state index contributed by atoms with van der Waals surface area (Å²) in [6.45, 7) is 1.68. The summed E-state index contributed by atoms with van der Waals surface area (Å²) in [7, 11) is 0. The van der Waals surface area contributed by atoms with E-state index in [0.29, 0.717) is 10.8 Å². The van der Waals surface area contributed by atoms with E-state index in [1.165, 1.54) is 0 Å². The van der Waals surface area contributed by atoms with E-state index in [9.17, 15) is 4.79 Å². The van der Waals surface area contributed by atoms with Gasteiger partial charge in [0.15, 0.2) is 0 Å². The van der Waals surface area contributed by atoms with E-state index in [2.05, 4.69) is 10.3 Å². The number of carbonyl (C=O) groups is 1. The number of nitrogens with zero attached hydrogens (tertiary/aromatic N) is 2. The van der Waals surface area contributed by atoms with Crippen LogP contribution in [0, 0.1) is 0 Å². The van der Waals surface area contributed by atoms with Gasteiger partial charge in [-0.25, -0.2) is 9.78 Å². The molecule has 5 heteroatoms. The summed E-state index contributed by atoms with van der Waals surface area (Å²) in [4.78, 5) is 17.3. The zero-order chi connectivity index (χ0) is 10.7. The number of likely N-dealkylation sites (tertiary alicyclic amines) is 1. The van der Waals surface area contributed by atoms with Gasteiger partial charge in [-0.05, 0) is 25.0 Å². The van der Waals surface area contributed by atoms with Crippen molar-refractivity contribution in [2.24, 2.45) is 0 Å². The van der Waals surface area contributed by atoms with Crippen molar-refractivity contribution in [2.45, 2.75) is 12.8 Å². The molecule has 2 amide bonds. The van der Waals surface area contributed by atoms with Crippen LogP contribution in [0.1, 0.15) is 12.8 Å². The number of hydrogen-bond donors (Lipinski definition) is 1. The van der Waals surface area contributed by atoms with Crippen LogP contribution in [0.3, 0.4) is 0 Å². The average Bonchev–Trinajstić information content (AvgIpc) is 2.70. The molecule has 1 aliphatic heterocycles. The topological polar surface area (TPSA) is 45.2 Å². The highest BCUT2D eigenvalue weighted by atomic mass is 35.5. The van der Waals surface area contributed by atoms with E-state index in [1.807, 2.05) is 0 Å². The Morgan fingerprint density at radius 3 is 2.87 bits per heavy atom. The quantitative estimate of drug-likeness (QED) is 0.746. The van der Waals surface area contributed by atoms with Crippen LogP contribution in [0.5, 0.6) is 0 Å². The van der Waals surface area contributed by atoms with Gasteiger partial charge in [-0.2, -0.15) is 0 Å². The molecule has 2 heterocycles. The number of urea groups is 1. The van der Waals surface area contributed by atoms with Gasteiger partial charge < -0.3 is 10.2 Å². The molecule has 4 nitrogen and oxygen atoms in total. The van der Waals surface area contributed by atoms with Crippen LogP contribution in [0.15, 0.2) is 18.3 Å². The van der Waals surface area contributed by atoms with Crippen molar-refractivity contribution < 1.29 is 4.79 Å². The van der Waals surface area contributed by atoms with Crippen LogP contribution < -0.4 is 5.32 Å². The van der Waals surface area contributed by atoms with Crippen LogP contribution in [0.4, 0.5) is 10.5 Å². The van der Waals surface area contributed by atoms with E-state index < -0.39 is 0 Å². The monoisotopic (exact) mass is 225 g/mol. The molecule has 0 spiro atoms. The number of hydrogen-bond acceptors (Lipinski definition) is 2. The van der Waals surface area contributed by atoms with Gasteiger partial charge in [0.2, 0.25) is 0 Å². The lowest BCUT2D eigenvalue weighted by Crippen LogP contribution is -2.32. The first-order valence-corrected chi connectivity index (χ1v) is 5.31. The molecule has 0 saturated carbocycles. The Labute approximate surface area is 93.2 Å². The second-order valence-electron chi connectivity index (χ2n) is 3.49. The maximum Gasteiger partial charge on any atom is 0.321 e. The Balaban J connectivity index is 1.99. The van der Waals surface area contributed by atoms with E-state index in [0.717, 1.165) is 25.9 Å². The maximum absolute atomic E-state index is 11.7. The number of nitrogens with one attached hydrogen (secondary N) is 1. The average molecular weight is 226 g/mol. The van der Waals surface area contributed by atoms with Crippen LogP contribution >= 0.6 is 11.6 Å². The van der Waals surface area contributed by atoms with Crippen LogP contribution in [-0.2, 0) is 0 Å². The molecule has 1 saturated heterocycles. The van der Waals surface area contributed by atoms with Crippen molar-refractivity contribution in [1.29, 1.82) is 0 Å². The fraction of sp³-hybridized carbons (Fsp3) is 0.400. The molecule has 1 aliphatic rings. The Morgan fingerprint density at radius 1 is 1.47 bits per heavy atom. The second kappa shape index (κ2) is 4.49. The first kappa shape index (κ1) is 10.2. The number of halogens is 1. The SMILES string of the molecule is O=C(Nc1ccnc(Cl)c1)N1CCCC1. The fourth-order valence-corrected chi connectivity index (χ4v) is 1.78. The summed E-state index contributed by atoms with van der Waals surface area (Å²) in [6, 6.07) is 3.30. The van der Waals surface area contributed by atoms with Gasteiger partial charge in [-0.15, -0.1) is 0 Å². The Hall–Kier alpha value is -1.29. The highest BCUT2D eigenvalue weighted by molar-refractivity contribution is 6.29. The number of carbonyl (C=O) groups excluding carboxylic acids is 1. The van der Waals surface area contributed by atoms with Crippen LogP contribution in [0.2, 0.25) is 5.15 Å². The largest absolute Gasteiger partial charge is 0.325 e. The first-order valence-electron chi connectivity index (χ1n) is 4.93. The maximum atomic E-state index is 11.7. The van der Waals surface area contributed by atoms with Gasteiger partial charge in [0, 0.05) is 25.0 Å². The highest BCUT2D eigenvalue weighted by Gasteiger charge is 2.17. The van der Waals surface area contributed by atoms with Gasteiger partial charge in [-0.3, -0.25) is 0 Å². The van der Waals surface area contributed by atoms with Crippen molar-refractivity contribution in [2.75, 3.05) is 18.4 Å². The third-order valence-electron chi connectivity index (χ3n) is 2.37. The van der Waals surface area contributed by atoms with Crippen molar-refractivity contribution in [3.05, 3.63) is 23.5 Å². The zero-order valence-corrected chi connectivity index (χ0v) is 9.00. The molecule has 0 aliphatic carbocycles. The molecular weight excluding hydrogens is 214 g/mol. The van der Waals surface area contributed by atoms with Crippen molar-refractivity contribution >= 4 is 23.3 Å². The summed E-state index contributed by atoms with van der Waals surface area (Å²) in [5, 5.41) is 3.17. The number of anilines is 1. The third kappa shape index (κ3) is 2.59. The van der Waals surface area contributed by atoms with E-state index in [4.69, 9.17) is 11.6 Å². The molecule has 0 bridgehead atoms. The van der Waals surface area contributed by atoms with Crippen molar-refractivity contribution in [3.63, 3.8) is 0 Å². The standard InChI is InChI=1S/C10H12ClN3O/c11-9-7-8(3-4-12-9)13-10(15)14-5-1-2-6-14/h3-4,7H,1-2,5-6H2,(H,12,13,15). The lowest BCUT2D eigenvalue weighted by molar-refractivity contribution is 0.222. The molecule has 1 fully saturated rings. The molecule has 2 rings (SSSR count). The number of pyridine rings is 1. The summed E-state index contributed by atoms with van der Waals surface area (Å²) in [6.07, 6.45) is 3.75. The molecule has 1 aromatic heterocycles. The van der Waals surface area contributed by atoms with Crippen molar-refractivity contribution in [1.82, 2.24) is 9.88 Å². The molecule has 1 aromatic rings. The van der Waals surface area contributed by atoms with Gasteiger partial charge in [0.1, 0.15) is 5.15 Å². The minimum atomic E-state index is -0.0604. The smallest absolute Gasteiger partial charge is 0.321 e. The van der Waals surface area contributed by atoms with E-state index >= 15 is 0 Å². The zero-order valence-electron chi connectivity index (χ0n) is 8.24. The molecule has 0 radical (unpaired) electrons. The normalized spacial score (nSPS) is 15.4. The van der Waals surface area contributed by atoms with Gasteiger partial charge in [0.05, 0.1) is 0 Å². The van der Waals surface area contributed by atoms with Crippen molar-refractivity contribution in [3.8, 4) is 0 Å². The van der Waals surface area contributed by atoms with Gasteiger partial charge in [0.25, 0.3) is 0 Å². The lowest BCUT2D eigenvalue weighted by atomic mass is 10.4. The molecule has 1 N–H and O–H groups in total. The molecule has 0 atom stereocenters. The highest BCUT2D eigenvalue weighted by Crippen LogP contribution is 2.14. The van der Waals surface area contributed by atoms with E-state index in [-0.39, 0.29) is 6.03 Å². The number of rotatable bonds is 1. The van der Waals surface area contributed by atoms with Crippen LogP contribution in [-0.4, -0.2) is 29.0 Å². The van der Waals surface area contributed by atoms with E-state index in [1.54, 1.807) is 23.2 Å². The minimum absolute atomic E-state index is 0.0604. The Kier molecular flexibility index (Phi) is 3.06. The number of aromatic nitrogens is 1. The molecule has 0 aromatic carbocycles. The Morgan fingerprint density at radius 2 is 2.20 bits per heavy atom. The van der Waals surface area contributed by atoms with Crippen LogP contribution in [0.25, 0.3) is 0 Å². The summed E-state index contributed by atoms with van der Waals surface area (Å²) >= 11 is 5.71. The molecule has 0 unspecified atom stereocenters. The van der Waals surface area contributed by atoms with Gasteiger partial charge >= 0.3 is 6.03 Å². The number of amides is 2. The predicted octanol–water partition coefficient (Wildman–Crippen LogP) is 2.36. The summed E-state index contributed by atoms with van der Waals surface area (Å²) < 4.78 is 0. The molecular formula is C10H12ClN3O. The summed E-state index contributed by atoms with van der Waals surface area (Å²) in [5.74, 6) is 0. The summed E-state index contributed by atoms with van der Waals surface area (Å²) in [5.41, 5.74) is 0.687. The lowest BCUT2D eigenvalue weighted by Gasteiger charge is -2.15. The molecule has 80 valence electrons.